The molecule has 3 aromatic carbocycles. The molecule has 0 aliphatic carbocycles. The van der Waals surface area contributed by atoms with Gasteiger partial charge in [0.25, 0.3) is 0 Å². The van der Waals surface area contributed by atoms with Gasteiger partial charge >= 0.3 is 6.03 Å². The zero-order chi connectivity index (χ0) is 29.0. The van der Waals surface area contributed by atoms with Crippen molar-refractivity contribution < 1.29 is 14.4 Å². The maximum Gasteiger partial charge on any atom is 0.319 e. The summed E-state index contributed by atoms with van der Waals surface area (Å²) < 4.78 is 0. The minimum Gasteiger partial charge on any atom is -0.376 e. The molecule has 0 radical (unpaired) electrons. The quantitative estimate of drug-likeness (QED) is 0.377. The normalized spacial score (nSPS) is 16.9. The van der Waals surface area contributed by atoms with Gasteiger partial charge in [-0.25, -0.2) is 4.79 Å². The average molecular weight is 562 g/mol. The van der Waals surface area contributed by atoms with Gasteiger partial charge in [0.05, 0.1) is 11.4 Å². The van der Waals surface area contributed by atoms with Crippen molar-refractivity contribution in [3.05, 3.63) is 88.9 Å². The highest BCUT2D eigenvalue weighted by Crippen LogP contribution is 2.39. The molecule has 2 atom stereocenters. The largest absolute Gasteiger partial charge is 0.376 e. The molecule has 1 aliphatic heterocycles. The predicted molar refractivity (Wildman–Crippen MR) is 161 cm³/mol. The van der Waals surface area contributed by atoms with Crippen LogP contribution in [0.5, 0.6) is 0 Å². The lowest BCUT2D eigenvalue weighted by Crippen LogP contribution is -2.53. The molecule has 0 saturated heterocycles. The first-order valence-electron chi connectivity index (χ1n) is 13.2. The highest BCUT2D eigenvalue weighted by atomic mass is 35.5. The number of urea groups is 1. The van der Waals surface area contributed by atoms with Crippen molar-refractivity contribution in [3.8, 4) is 0 Å². The van der Waals surface area contributed by atoms with Crippen LogP contribution in [0, 0.1) is 0 Å². The number of hydrogen-bond acceptors (Lipinski definition) is 4. The molecule has 3 N–H and O–H groups in total. The van der Waals surface area contributed by atoms with E-state index in [2.05, 4.69) is 16.0 Å². The molecule has 0 fully saturated rings. The summed E-state index contributed by atoms with van der Waals surface area (Å²) in [5, 5.41) is 9.34. The first kappa shape index (κ1) is 29.0. The molecule has 210 valence electrons. The number of carbonyl (C=O) groups is 3. The van der Waals surface area contributed by atoms with Gasteiger partial charge in [0, 0.05) is 36.3 Å². The first-order chi connectivity index (χ1) is 18.9. The van der Waals surface area contributed by atoms with Crippen LogP contribution in [-0.2, 0) is 9.59 Å². The molecular weight excluding hydrogens is 526 g/mol. The average Bonchev–Trinajstić information content (AvgIpc) is 2.99. The van der Waals surface area contributed by atoms with Gasteiger partial charge in [0.1, 0.15) is 12.6 Å². The lowest BCUT2D eigenvalue weighted by atomic mass is 9.86. The molecule has 0 bridgehead atoms. The third-order valence-electron chi connectivity index (χ3n) is 6.67. The standard InChI is InChI=1S/C31H36ClN5O3/c1-31(2,3)35-28(38)19-37-26-12-8-6-10-22(26)23(20-14-16-21(32)17-15-20)18-25(29(37)39)34-30(40)33-24-11-7-9-13-27(24)36(4)5/h6-17,23,25H,18-19H2,1-5H3,(H,35,38)(H2,33,34,40). The fourth-order valence-electron chi connectivity index (χ4n) is 4.98. The number of halogens is 1. The lowest BCUT2D eigenvalue weighted by molar-refractivity contribution is -0.125. The molecule has 4 rings (SSSR count). The fraction of sp³-hybridized carbons (Fsp3) is 0.323. The van der Waals surface area contributed by atoms with E-state index in [0.29, 0.717) is 22.8 Å². The van der Waals surface area contributed by atoms with Gasteiger partial charge in [-0.3, -0.25) is 9.59 Å². The summed E-state index contributed by atoms with van der Waals surface area (Å²) >= 11 is 6.17. The molecule has 40 heavy (non-hydrogen) atoms. The number of fused-ring (bicyclic) bond motifs is 1. The van der Waals surface area contributed by atoms with Crippen LogP contribution in [0.1, 0.15) is 44.2 Å². The van der Waals surface area contributed by atoms with Crippen LogP contribution in [0.25, 0.3) is 0 Å². The van der Waals surface area contributed by atoms with Crippen molar-refractivity contribution in [1.82, 2.24) is 10.6 Å². The number of carbonyl (C=O) groups excluding carboxylic acids is 3. The Morgan fingerprint density at radius 3 is 2.30 bits per heavy atom. The second kappa shape index (κ2) is 12.0. The highest BCUT2D eigenvalue weighted by Gasteiger charge is 2.37. The Morgan fingerprint density at radius 2 is 1.62 bits per heavy atom. The number of anilines is 3. The van der Waals surface area contributed by atoms with Crippen LogP contribution < -0.4 is 25.8 Å². The zero-order valence-corrected chi connectivity index (χ0v) is 24.3. The number of para-hydroxylation sites is 3. The third kappa shape index (κ3) is 6.93. The van der Waals surface area contributed by atoms with Crippen LogP contribution in [0.4, 0.5) is 21.9 Å². The minimum absolute atomic E-state index is 0.177. The molecule has 0 saturated carbocycles. The maximum absolute atomic E-state index is 14.1. The van der Waals surface area contributed by atoms with Gasteiger partial charge in [-0.15, -0.1) is 0 Å². The van der Waals surface area contributed by atoms with Gasteiger partial charge in [-0.2, -0.15) is 0 Å². The summed E-state index contributed by atoms with van der Waals surface area (Å²) in [5.74, 6) is -0.875. The van der Waals surface area contributed by atoms with Crippen LogP contribution in [0.2, 0.25) is 5.02 Å². The number of hydrogen-bond donors (Lipinski definition) is 3. The monoisotopic (exact) mass is 561 g/mol. The summed E-state index contributed by atoms with van der Waals surface area (Å²) in [6.07, 6.45) is 0.303. The minimum atomic E-state index is -0.901. The van der Waals surface area contributed by atoms with Crippen molar-refractivity contribution in [2.24, 2.45) is 0 Å². The van der Waals surface area contributed by atoms with E-state index in [4.69, 9.17) is 11.6 Å². The number of amides is 4. The Kier molecular flexibility index (Phi) is 8.69. The Balaban J connectivity index is 1.70. The number of nitrogens with one attached hydrogen (secondary N) is 3. The summed E-state index contributed by atoms with van der Waals surface area (Å²) in [4.78, 5) is 43.8. The van der Waals surface area contributed by atoms with E-state index in [-0.39, 0.29) is 24.3 Å². The summed E-state index contributed by atoms with van der Waals surface area (Å²) in [5.41, 5.74) is 3.47. The molecule has 3 aromatic rings. The molecule has 1 heterocycles. The molecule has 4 amide bonds. The SMILES string of the molecule is CN(C)c1ccccc1NC(=O)NC1CC(c2ccc(Cl)cc2)c2ccccc2N(CC(=O)NC(C)(C)C)C1=O. The molecule has 0 spiro atoms. The smallest absolute Gasteiger partial charge is 0.319 e. The van der Waals surface area contributed by atoms with Gasteiger partial charge in [0.2, 0.25) is 11.8 Å². The highest BCUT2D eigenvalue weighted by molar-refractivity contribution is 6.30. The maximum atomic E-state index is 14.1. The van der Waals surface area contributed by atoms with Crippen LogP contribution >= 0.6 is 11.6 Å². The van der Waals surface area contributed by atoms with E-state index < -0.39 is 17.6 Å². The molecule has 0 aromatic heterocycles. The summed E-state index contributed by atoms with van der Waals surface area (Å²) in [6, 6.07) is 21.1. The zero-order valence-electron chi connectivity index (χ0n) is 23.5. The third-order valence-corrected chi connectivity index (χ3v) is 6.92. The van der Waals surface area contributed by atoms with Crippen molar-refractivity contribution in [3.63, 3.8) is 0 Å². The first-order valence-corrected chi connectivity index (χ1v) is 13.6. The van der Waals surface area contributed by atoms with E-state index in [1.807, 2.05) is 106 Å². The van der Waals surface area contributed by atoms with Crippen LogP contribution in [0.15, 0.2) is 72.8 Å². The van der Waals surface area contributed by atoms with Crippen molar-refractivity contribution in [1.29, 1.82) is 0 Å². The summed E-state index contributed by atoms with van der Waals surface area (Å²) in [7, 11) is 3.78. The second-order valence-electron chi connectivity index (χ2n) is 11.2. The van der Waals surface area contributed by atoms with Crippen molar-refractivity contribution >= 4 is 46.5 Å². The van der Waals surface area contributed by atoms with E-state index in [1.165, 1.54) is 4.90 Å². The van der Waals surface area contributed by atoms with E-state index in [9.17, 15) is 14.4 Å². The number of benzene rings is 3. The molecule has 8 nitrogen and oxygen atoms in total. The van der Waals surface area contributed by atoms with Gasteiger partial charge < -0.3 is 25.8 Å². The van der Waals surface area contributed by atoms with E-state index in [1.54, 1.807) is 6.07 Å². The van der Waals surface area contributed by atoms with Crippen LogP contribution in [-0.4, -0.2) is 50.1 Å². The molecule has 2 unspecified atom stereocenters. The topological polar surface area (TPSA) is 93.8 Å². The van der Waals surface area contributed by atoms with E-state index >= 15 is 0 Å². The molecular formula is C31H36ClN5O3. The Bertz CT molecular complexity index is 1380. The number of nitrogens with zero attached hydrogens (tertiary/aromatic N) is 2. The lowest BCUT2D eigenvalue weighted by Gasteiger charge is -2.28. The van der Waals surface area contributed by atoms with E-state index in [0.717, 1.165) is 16.8 Å². The Hall–Kier alpha value is -4.04. The summed E-state index contributed by atoms with van der Waals surface area (Å²) in [6.45, 7) is 5.49. The molecule has 9 heteroatoms. The molecule has 1 aliphatic rings. The fourth-order valence-corrected chi connectivity index (χ4v) is 5.11. The number of rotatable bonds is 6. The van der Waals surface area contributed by atoms with Crippen LogP contribution in [0.3, 0.4) is 0 Å². The Labute approximate surface area is 240 Å². The predicted octanol–water partition coefficient (Wildman–Crippen LogP) is 5.38. The second-order valence-corrected chi connectivity index (χ2v) is 11.6. The Morgan fingerprint density at radius 1 is 0.975 bits per heavy atom. The van der Waals surface area contributed by atoms with Gasteiger partial charge in [-0.05, 0) is 68.7 Å². The van der Waals surface area contributed by atoms with Crippen molar-refractivity contribution in [2.75, 3.05) is 35.8 Å². The van der Waals surface area contributed by atoms with Crippen molar-refractivity contribution in [2.45, 2.75) is 44.7 Å². The van der Waals surface area contributed by atoms with Gasteiger partial charge in [0.15, 0.2) is 0 Å². The van der Waals surface area contributed by atoms with Gasteiger partial charge in [-0.1, -0.05) is 54.1 Å².